The van der Waals surface area contributed by atoms with Gasteiger partial charge in [0.05, 0.1) is 11.4 Å². The summed E-state index contributed by atoms with van der Waals surface area (Å²) in [5.41, 5.74) is 1.59. The first-order valence-corrected chi connectivity index (χ1v) is 5.88. The Labute approximate surface area is 107 Å². The third kappa shape index (κ3) is 3.17. The zero-order valence-corrected chi connectivity index (χ0v) is 10.2. The van der Waals surface area contributed by atoms with Gasteiger partial charge in [-0.2, -0.15) is 13.2 Å². The minimum atomic E-state index is -4.13. The maximum Gasteiger partial charge on any atom is 0.390 e. The molecule has 0 radical (unpaired) electrons. The normalized spacial score (nSPS) is 12.2. The van der Waals surface area contributed by atoms with Crippen molar-refractivity contribution >= 4 is 22.5 Å². The van der Waals surface area contributed by atoms with Gasteiger partial charge in [-0.15, -0.1) is 0 Å². The van der Waals surface area contributed by atoms with Crippen molar-refractivity contribution in [3.63, 3.8) is 0 Å². The summed E-state index contributed by atoms with van der Waals surface area (Å²) < 4.78 is 35.9. The second-order valence-corrected chi connectivity index (χ2v) is 4.38. The Balaban J connectivity index is 1.98. The minimum Gasteiger partial charge on any atom is -0.356 e. The summed E-state index contributed by atoms with van der Waals surface area (Å²) >= 11 is 6.13. The standard InChI is InChI=1S/C12H12ClF3N2/c13-11-8-3-1-2-4-9(8)18-10(11)7-17-6-5-12(14,15)16/h1-4,17-18H,5-7H2. The fraction of sp³-hybridized carbons (Fsp3) is 0.333. The molecule has 0 amide bonds. The molecular weight excluding hydrogens is 265 g/mol. The third-order valence-electron chi connectivity index (χ3n) is 2.60. The van der Waals surface area contributed by atoms with Crippen molar-refractivity contribution in [2.45, 2.75) is 19.1 Å². The van der Waals surface area contributed by atoms with Crippen LogP contribution in [0, 0.1) is 0 Å². The molecule has 0 aliphatic carbocycles. The summed E-state index contributed by atoms with van der Waals surface area (Å²) in [4.78, 5) is 3.09. The number of halogens is 4. The summed E-state index contributed by atoms with van der Waals surface area (Å²) in [7, 11) is 0. The molecule has 0 fully saturated rings. The van der Waals surface area contributed by atoms with E-state index in [1.54, 1.807) is 0 Å². The van der Waals surface area contributed by atoms with E-state index in [2.05, 4.69) is 10.3 Å². The van der Waals surface area contributed by atoms with Crippen molar-refractivity contribution in [3.8, 4) is 0 Å². The van der Waals surface area contributed by atoms with Crippen molar-refractivity contribution in [3.05, 3.63) is 35.0 Å². The van der Waals surface area contributed by atoms with Crippen LogP contribution in [0.2, 0.25) is 5.02 Å². The van der Waals surface area contributed by atoms with E-state index in [1.165, 1.54) is 0 Å². The quantitative estimate of drug-likeness (QED) is 0.816. The highest BCUT2D eigenvalue weighted by molar-refractivity contribution is 6.36. The molecule has 1 aromatic carbocycles. The van der Waals surface area contributed by atoms with E-state index in [-0.39, 0.29) is 6.54 Å². The van der Waals surface area contributed by atoms with Gasteiger partial charge in [0.25, 0.3) is 0 Å². The van der Waals surface area contributed by atoms with Crippen LogP contribution in [-0.2, 0) is 6.54 Å². The first-order valence-electron chi connectivity index (χ1n) is 5.50. The number of hydrogen-bond donors (Lipinski definition) is 2. The lowest BCUT2D eigenvalue weighted by molar-refractivity contribution is -0.133. The molecule has 0 saturated carbocycles. The van der Waals surface area contributed by atoms with Crippen LogP contribution in [0.4, 0.5) is 13.2 Å². The molecule has 0 saturated heterocycles. The zero-order chi connectivity index (χ0) is 13.2. The van der Waals surface area contributed by atoms with Crippen molar-refractivity contribution in [2.75, 3.05) is 6.54 Å². The number of aromatic amines is 1. The van der Waals surface area contributed by atoms with Gasteiger partial charge >= 0.3 is 6.18 Å². The molecule has 1 heterocycles. The Bertz CT molecular complexity index is 534. The Morgan fingerprint density at radius 1 is 1.22 bits per heavy atom. The van der Waals surface area contributed by atoms with Gasteiger partial charge in [-0.05, 0) is 6.07 Å². The molecule has 0 spiro atoms. The molecule has 0 aliphatic rings. The highest BCUT2D eigenvalue weighted by Crippen LogP contribution is 2.27. The first-order chi connectivity index (χ1) is 8.47. The van der Waals surface area contributed by atoms with Crippen LogP contribution in [0.1, 0.15) is 12.1 Å². The second kappa shape index (κ2) is 5.20. The van der Waals surface area contributed by atoms with Crippen LogP contribution in [0.3, 0.4) is 0 Å². The van der Waals surface area contributed by atoms with Gasteiger partial charge in [0.15, 0.2) is 0 Å². The summed E-state index contributed by atoms with van der Waals surface area (Å²) in [6, 6.07) is 7.48. The number of H-pyrrole nitrogens is 1. The molecule has 2 aromatic rings. The van der Waals surface area contributed by atoms with Gasteiger partial charge in [-0.25, -0.2) is 0 Å². The number of aromatic nitrogens is 1. The van der Waals surface area contributed by atoms with Crippen LogP contribution < -0.4 is 5.32 Å². The highest BCUT2D eigenvalue weighted by atomic mass is 35.5. The molecule has 2 nitrogen and oxygen atoms in total. The van der Waals surface area contributed by atoms with Gasteiger partial charge < -0.3 is 10.3 Å². The van der Waals surface area contributed by atoms with E-state index in [4.69, 9.17) is 11.6 Å². The molecule has 98 valence electrons. The molecule has 0 aliphatic heterocycles. The largest absolute Gasteiger partial charge is 0.390 e. The number of alkyl halides is 3. The lowest BCUT2D eigenvalue weighted by atomic mass is 10.2. The maximum absolute atomic E-state index is 12.0. The summed E-state index contributed by atoms with van der Waals surface area (Å²) in [5.74, 6) is 0. The van der Waals surface area contributed by atoms with Gasteiger partial charge in [0, 0.05) is 29.7 Å². The van der Waals surface area contributed by atoms with Crippen LogP contribution in [0.15, 0.2) is 24.3 Å². The molecular formula is C12H12ClF3N2. The average molecular weight is 277 g/mol. The van der Waals surface area contributed by atoms with Gasteiger partial charge in [0.2, 0.25) is 0 Å². The number of rotatable bonds is 4. The van der Waals surface area contributed by atoms with Crippen molar-refractivity contribution < 1.29 is 13.2 Å². The number of benzene rings is 1. The van der Waals surface area contributed by atoms with E-state index >= 15 is 0 Å². The van der Waals surface area contributed by atoms with Gasteiger partial charge in [0.1, 0.15) is 0 Å². The van der Waals surface area contributed by atoms with E-state index in [9.17, 15) is 13.2 Å². The molecule has 0 bridgehead atoms. The number of hydrogen-bond acceptors (Lipinski definition) is 1. The molecule has 18 heavy (non-hydrogen) atoms. The zero-order valence-electron chi connectivity index (χ0n) is 9.44. The molecule has 2 N–H and O–H groups in total. The molecule has 1 aromatic heterocycles. The predicted molar refractivity (Wildman–Crippen MR) is 65.7 cm³/mol. The summed E-state index contributed by atoms with van der Waals surface area (Å²) in [5, 5.41) is 4.17. The fourth-order valence-corrected chi connectivity index (χ4v) is 2.01. The lowest BCUT2D eigenvalue weighted by Crippen LogP contribution is -2.21. The van der Waals surface area contributed by atoms with Crippen LogP contribution >= 0.6 is 11.6 Å². The Kier molecular flexibility index (Phi) is 3.82. The van der Waals surface area contributed by atoms with Crippen molar-refractivity contribution in [1.29, 1.82) is 0 Å². The molecule has 6 heteroatoms. The van der Waals surface area contributed by atoms with Gasteiger partial charge in [-0.3, -0.25) is 0 Å². The average Bonchev–Trinajstić information content (AvgIpc) is 2.62. The van der Waals surface area contributed by atoms with Gasteiger partial charge in [-0.1, -0.05) is 29.8 Å². The van der Waals surface area contributed by atoms with Crippen molar-refractivity contribution in [2.24, 2.45) is 0 Å². The molecule has 2 rings (SSSR count). The number of para-hydroxylation sites is 1. The Morgan fingerprint density at radius 3 is 2.61 bits per heavy atom. The fourth-order valence-electron chi connectivity index (χ4n) is 1.73. The second-order valence-electron chi connectivity index (χ2n) is 4.01. The maximum atomic E-state index is 12.0. The van der Waals surface area contributed by atoms with E-state index < -0.39 is 12.6 Å². The van der Waals surface area contributed by atoms with Crippen LogP contribution in [0.5, 0.6) is 0 Å². The SMILES string of the molecule is FC(F)(F)CCNCc1[nH]c2ccccc2c1Cl. The highest BCUT2D eigenvalue weighted by Gasteiger charge is 2.25. The monoisotopic (exact) mass is 276 g/mol. The lowest BCUT2D eigenvalue weighted by Gasteiger charge is -2.07. The Hall–Kier alpha value is -1.20. The predicted octanol–water partition coefficient (Wildman–Crippen LogP) is 3.86. The first kappa shape index (κ1) is 13.2. The van der Waals surface area contributed by atoms with Crippen molar-refractivity contribution in [1.82, 2.24) is 10.3 Å². The smallest absolute Gasteiger partial charge is 0.356 e. The Morgan fingerprint density at radius 2 is 1.94 bits per heavy atom. The minimum absolute atomic E-state index is 0.116. The third-order valence-corrected chi connectivity index (χ3v) is 3.03. The summed E-state index contributed by atoms with van der Waals surface area (Å²) in [6.45, 7) is 0.179. The number of fused-ring (bicyclic) bond motifs is 1. The van der Waals surface area contributed by atoms with E-state index in [0.29, 0.717) is 17.3 Å². The van der Waals surface area contributed by atoms with E-state index in [1.807, 2.05) is 24.3 Å². The summed E-state index contributed by atoms with van der Waals surface area (Å²) in [6.07, 6.45) is -4.97. The molecule has 0 atom stereocenters. The van der Waals surface area contributed by atoms with Crippen LogP contribution in [0.25, 0.3) is 10.9 Å². The van der Waals surface area contributed by atoms with Crippen LogP contribution in [-0.4, -0.2) is 17.7 Å². The van der Waals surface area contributed by atoms with E-state index in [0.717, 1.165) is 10.9 Å². The topological polar surface area (TPSA) is 27.8 Å². The molecule has 0 unspecified atom stereocenters. The number of nitrogens with one attached hydrogen (secondary N) is 2.